The molecule has 12 heteroatoms. The van der Waals surface area contributed by atoms with Crippen LogP contribution in [-0.2, 0) is 20.2 Å². The van der Waals surface area contributed by atoms with E-state index in [-0.39, 0.29) is 11.3 Å². The fourth-order valence-electron chi connectivity index (χ4n) is 4.68. The Morgan fingerprint density at radius 2 is 1.43 bits per heavy atom. The summed E-state index contributed by atoms with van der Waals surface area (Å²) in [5.41, 5.74) is -1.09. The molecule has 158 valence electrons. The van der Waals surface area contributed by atoms with Gasteiger partial charge in [-0.3, -0.25) is 0 Å². The number of halogens is 4. The van der Waals surface area contributed by atoms with E-state index < -0.39 is 65.3 Å². The summed E-state index contributed by atoms with van der Waals surface area (Å²) in [6, 6.07) is 0. The molecule has 2 fully saturated rings. The topological polar surface area (TPSA) is 101 Å². The minimum atomic E-state index is -5.90. The monoisotopic (exact) mass is 445 g/mol. The lowest BCUT2D eigenvalue weighted by molar-refractivity contribution is 0.153. The van der Waals surface area contributed by atoms with E-state index in [2.05, 4.69) is 4.18 Å². The maximum atomic E-state index is 14.0. The first-order valence-electron chi connectivity index (χ1n) is 8.37. The molecule has 0 radical (unpaired) electrons. The zero-order valence-corrected chi connectivity index (χ0v) is 16.5. The van der Waals surface area contributed by atoms with Gasteiger partial charge in [-0.15, -0.1) is 0 Å². The van der Waals surface area contributed by atoms with Crippen molar-refractivity contribution in [3.8, 4) is 5.75 Å². The summed E-state index contributed by atoms with van der Waals surface area (Å²) in [5, 5.41) is 0. The summed E-state index contributed by atoms with van der Waals surface area (Å²) >= 11 is 0. The third-order valence-corrected chi connectivity index (χ3v) is 8.61. The molecule has 2 aliphatic rings. The first-order valence-corrected chi connectivity index (χ1v) is 11.4. The molecule has 1 aromatic rings. The third-order valence-electron chi connectivity index (χ3n) is 6.43. The van der Waals surface area contributed by atoms with Crippen molar-refractivity contribution in [2.45, 2.75) is 44.4 Å². The highest BCUT2D eigenvalue weighted by Crippen LogP contribution is 2.66. The SMILES string of the molecule is CC1(C)C2CCC1(CS(=O)(=O)Oc1c(F)c(F)c(S(=O)(=O)[O-])c(F)c1F)CC2. The predicted octanol–water partition coefficient (Wildman–Crippen LogP) is 3.07. The van der Waals surface area contributed by atoms with Gasteiger partial charge < -0.3 is 8.74 Å². The van der Waals surface area contributed by atoms with Gasteiger partial charge in [0.25, 0.3) is 0 Å². The second-order valence-electron chi connectivity index (χ2n) is 7.93. The Morgan fingerprint density at radius 3 is 1.79 bits per heavy atom. The summed E-state index contributed by atoms with van der Waals surface area (Å²) in [7, 11) is -10.6. The molecule has 3 rings (SSSR count). The Bertz CT molecular complexity index is 1010. The smallest absolute Gasteiger partial charge is 0.309 e. The molecule has 0 heterocycles. The number of benzene rings is 1. The first-order chi connectivity index (χ1) is 12.6. The summed E-state index contributed by atoms with van der Waals surface area (Å²) in [5.74, 6) is -12.2. The number of fused-ring (bicyclic) bond motifs is 2. The highest BCUT2D eigenvalue weighted by atomic mass is 32.2. The van der Waals surface area contributed by atoms with Crippen LogP contribution in [0, 0.1) is 40.0 Å². The number of hydrogen-bond donors (Lipinski definition) is 0. The van der Waals surface area contributed by atoms with E-state index in [1.807, 2.05) is 13.8 Å². The van der Waals surface area contributed by atoms with Crippen LogP contribution in [0.1, 0.15) is 39.5 Å². The van der Waals surface area contributed by atoms with E-state index in [1.165, 1.54) is 0 Å². The maximum Gasteiger partial charge on any atom is 0.309 e. The van der Waals surface area contributed by atoms with Crippen molar-refractivity contribution < 1.29 is 43.1 Å². The highest BCUT2D eigenvalue weighted by Gasteiger charge is 2.60. The van der Waals surface area contributed by atoms with Crippen LogP contribution in [0.15, 0.2) is 4.90 Å². The van der Waals surface area contributed by atoms with Crippen molar-refractivity contribution in [1.82, 2.24) is 0 Å². The van der Waals surface area contributed by atoms with Gasteiger partial charge in [0, 0.05) is 0 Å². The standard InChI is InChI=1S/C16H18F4O6S2/c1-15(2)8-3-5-16(15,6-4-8)7-27(21,22)26-13-9(17)11(19)14(28(23,24)25)12(20)10(13)18/h8H,3-7H2,1-2H3,(H,23,24,25)/p-1. The van der Waals surface area contributed by atoms with Crippen LogP contribution < -0.4 is 4.18 Å². The molecule has 0 spiro atoms. The van der Waals surface area contributed by atoms with Crippen molar-refractivity contribution in [2.24, 2.45) is 16.7 Å². The fourth-order valence-corrected chi connectivity index (χ4v) is 7.09. The van der Waals surface area contributed by atoms with Crippen LogP contribution in [0.4, 0.5) is 17.6 Å². The summed E-state index contributed by atoms with van der Waals surface area (Å²) in [4.78, 5) is -2.37. The van der Waals surface area contributed by atoms with E-state index in [9.17, 15) is 39.0 Å². The quantitative estimate of drug-likeness (QED) is 0.299. The summed E-state index contributed by atoms with van der Waals surface area (Å²) in [6.45, 7) is 3.78. The molecule has 28 heavy (non-hydrogen) atoms. The van der Waals surface area contributed by atoms with Crippen molar-refractivity contribution in [1.29, 1.82) is 0 Å². The molecule has 2 bridgehead atoms. The van der Waals surface area contributed by atoms with E-state index in [0.29, 0.717) is 12.8 Å². The molecule has 6 nitrogen and oxygen atoms in total. The zero-order valence-electron chi connectivity index (χ0n) is 14.9. The zero-order chi connectivity index (χ0) is 21.3. The van der Waals surface area contributed by atoms with E-state index in [0.717, 1.165) is 12.8 Å². The molecule has 0 aromatic heterocycles. The fraction of sp³-hybridized carbons (Fsp3) is 0.625. The Labute approximate surface area is 159 Å². The largest absolute Gasteiger partial charge is 0.744 e. The van der Waals surface area contributed by atoms with Crippen molar-refractivity contribution in [3.05, 3.63) is 23.3 Å². The Morgan fingerprint density at radius 1 is 0.964 bits per heavy atom. The summed E-state index contributed by atoms with van der Waals surface area (Å²) < 4.78 is 117. The first kappa shape index (κ1) is 21.3. The molecule has 0 amide bonds. The molecule has 2 aliphatic carbocycles. The average molecular weight is 445 g/mol. The van der Waals surface area contributed by atoms with Gasteiger partial charge in [0.1, 0.15) is 15.0 Å². The van der Waals surface area contributed by atoms with E-state index in [4.69, 9.17) is 0 Å². The van der Waals surface area contributed by atoms with Crippen molar-refractivity contribution in [3.63, 3.8) is 0 Å². The lowest BCUT2D eigenvalue weighted by Crippen LogP contribution is -2.38. The van der Waals surface area contributed by atoms with E-state index in [1.54, 1.807) is 0 Å². The maximum absolute atomic E-state index is 14.0. The lowest BCUT2D eigenvalue weighted by Gasteiger charge is -2.37. The van der Waals surface area contributed by atoms with Crippen LogP contribution in [-0.4, -0.2) is 27.1 Å². The number of rotatable bonds is 5. The minimum absolute atomic E-state index is 0.285. The normalized spacial score (nSPS) is 26.6. The molecule has 0 unspecified atom stereocenters. The predicted molar refractivity (Wildman–Crippen MR) is 86.8 cm³/mol. The molecule has 1 aromatic carbocycles. The van der Waals surface area contributed by atoms with Crippen LogP contribution in [0.3, 0.4) is 0 Å². The Balaban J connectivity index is 2.00. The Hall–Kier alpha value is -1.40. The molecule has 0 N–H and O–H groups in total. The molecule has 0 atom stereocenters. The van der Waals surface area contributed by atoms with Gasteiger partial charge in [-0.05, 0) is 42.4 Å². The lowest BCUT2D eigenvalue weighted by atomic mass is 9.71. The third kappa shape index (κ3) is 3.09. The van der Waals surface area contributed by atoms with Gasteiger partial charge >= 0.3 is 10.1 Å². The molecule has 0 aliphatic heterocycles. The van der Waals surface area contributed by atoms with Crippen LogP contribution >= 0.6 is 0 Å². The van der Waals surface area contributed by atoms with Gasteiger partial charge in [-0.2, -0.15) is 17.2 Å². The van der Waals surface area contributed by atoms with Crippen molar-refractivity contribution >= 4 is 20.2 Å². The summed E-state index contributed by atoms with van der Waals surface area (Å²) in [6.07, 6.45) is 2.66. The number of hydrogen-bond acceptors (Lipinski definition) is 6. The van der Waals surface area contributed by atoms with Crippen molar-refractivity contribution in [2.75, 3.05) is 5.75 Å². The minimum Gasteiger partial charge on any atom is -0.744 e. The molecule has 2 saturated carbocycles. The second-order valence-corrected chi connectivity index (χ2v) is 10.8. The Kier molecular flexibility index (Phi) is 4.79. The molecular formula is C16H17F4O6S2-. The molecular weight excluding hydrogens is 428 g/mol. The average Bonchev–Trinajstić information content (AvgIpc) is 2.92. The van der Waals surface area contributed by atoms with Gasteiger partial charge in [0.05, 0.1) is 5.75 Å². The molecule has 0 saturated heterocycles. The van der Waals surface area contributed by atoms with Gasteiger partial charge in [0.2, 0.25) is 17.4 Å². The van der Waals surface area contributed by atoms with Crippen LogP contribution in [0.5, 0.6) is 5.75 Å². The van der Waals surface area contributed by atoms with Crippen LogP contribution in [0.2, 0.25) is 0 Å². The van der Waals surface area contributed by atoms with Crippen LogP contribution in [0.25, 0.3) is 0 Å². The second kappa shape index (κ2) is 6.30. The highest BCUT2D eigenvalue weighted by molar-refractivity contribution is 7.87. The van der Waals surface area contributed by atoms with Gasteiger partial charge in [-0.25, -0.2) is 17.2 Å². The van der Waals surface area contributed by atoms with E-state index >= 15 is 0 Å². The van der Waals surface area contributed by atoms with Gasteiger partial charge in [0.15, 0.2) is 11.6 Å². The van der Waals surface area contributed by atoms with Gasteiger partial charge in [-0.1, -0.05) is 13.8 Å².